The number of carboxylic acids is 1. The monoisotopic (exact) mass is 655 g/mol. The molecule has 1 aromatic carbocycles. The Balaban J connectivity index is 0.00000400. The van der Waals surface area contributed by atoms with Crippen molar-refractivity contribution in [2.24, 2.45) is 0 Å². The van der Waals surface area contributed by atoms with E-state index < -0.39 is 34.2 Å². The smallest absolute Gasteiger partial charge is 0.304 e. The van der Waals surface area contributed by atoms with Crippen LogP contribution in [-0.2, 0) is 21.4 Å². The Bertz CT molecular complexity index is 1940. The maximum atomic E-state index is 14.0. The summed E-state index contributed by atoms with van der Waals surface area (Å²) in [4.78, 5) is 18.4. The summed E-state index contributed by atoms with van der Waals surface area (Å²) in [6.45, 7) is 4.48. The summed E-state index contributed by atoms with van der Waals surface area (Å²) in [5.74, 6) is -1.87. The Morgan fingerprint density at radius 1 is 1.20 bits per heavy atom. The molecule has 0 unspecified atom stereocenters. The van der Waals surface area contributed by atoms with E-state index >= 15 is 0 Å². The molecule has 1 N–H and O–H groups in total. The number of carboxylic acid groups (broad SMARTS) is 1. The largest absolute Gasteiger partial charge is 0.481 e. The average molecular weight is 656 g/mol. The number of rotatable bonds is 7. The minimum atomic E-state index is -4.04. The zero-order valence-electron chi connectivity index (χ0n) is 24.5. The second-order valence-electron chi connectivity index (χ2n) is 11.2. The van der Waals surface area contributed by atoms with Crippen molar-refractivity contribution in [2.75, 3.05) is 18.0 Å². The number of hydrogen-bond acceptors (Lipinski definition) is 8. The molecule has 0 amide bonds. The van der Waals surface area contributed by atoms with Crippen molar-refractivity contribution in [3.8, 4) is 6.07 Å². The lowest BCUT2D eigenvalue weighted by atomic mass is 9.85. The van der Waals surface area contributed by atoms with Crippen LogP contribution in [0.4, 0.5) is 14.6 Å². The summed E-state index contributed by atoms with van der Waals surface area (Å²) in [5.41, 5.74) is 3.63. The number of pyridine rings is 2. The molecule has 45 heavy (non-hydrogen) atoms. The molecule has 1 fully saturated rings. The number of carbonyl (C=O) groups is 1. The van der Waals surface area contributed by atoms with Crippen LogP contribution in [0.3, 0.4) is 0 Å². The Morgan fingerprint density at radius 3 is 2.69 bits per heavy atom. The van der Waals surface area contributed by atoms with Gasteiger partial charge in [-0.1, -0.05) is 18.2 Å². The highest BCUT2D eigenvalue weighted by molar-refractivity contribution is 7.89. The molecule has 4 aromatic rings. The number of alkyl halides is 2. The van der Waals surface area contributed by atoms with Gasteiger partial charge in [-0.05, 0) is 66.6 Å². The lowest BCUT2D eigenvalue weighted by Gasteiger charge is -2.26. The predicted molar refractivity (Wildman–Crippen MR) is 165 cm³/mol. The Morgan fingerprint density at radius 2 is 1.98 bits per heavy atom. The van der Waals surface area contributed by atoms with Crippen LogP contribution in [0.15, 0.2) is 47.6 Å². The number of hydrogen-bond donors (Lipinski definition) is 1. The van der Waals surface area contributed by atoms with Crippen molar-refractivity contribution < 1.29 is 27.1 Å². The van der Waals surface area contributed by atoms with Crippen LogP contribution in [0.5, 0.6) is 0 Å². The van der Waals surface area contributed by atoms with Gasteiger partial charge in [-0.2, -0.15) is 23.1 Å². The van der Waals surface area contributed by atoms with Crippen LogP contribution < -0.4 is 4.90 Å². The number of aryl methyl sites for hydroxylation is 2. The third-order valence-electron chi connectivity index (χ3n) is 8.61. The molecular formula is C30H31F2N7O4S2. The third-order valence-corrected chi connectivity index (χ3v) is 10.4. The fourth-order valence-electron chi connectivity index (χ4n) is 6.32. The van der Waals surface area contributed by atoms with E-state index in [0.29, 0.717) is 34.6 Å². The molecule has 6 rings (SSSR count). The molecule has 11 nitrogen and oxygen atoms in total. The number of benzene rings is 1. The van der Waals surface area contributed by atoms with E-state index in [2.05, 4.69) is 15.2 Å². The molecule has 0 spiro atoms. The molecule has 0 bridgehead atoms. The van der Waals surface area contributed by atoms with Gasteiger partial charge < -0.3 is 10.0 Å². The number of anilines is 1. The molecule has 3 aromatic heterocycles. The minimum absolute atomic E-state index is 0. The molecule has 236 valence electrons. The van der Waals surface area contributed by atoms with Gasteiger partial charge in [0.05, 0.1) is 12.0 Å². The van der Waals surface area contributed by atoms with Crippen LogP contribution >= 0.6 is 13.5 Å². The lowest BCUT2D eigenvalue weighted by molar-refractivity contribution is -0.137. The molecule has 0 saturated carbocycles. The standard InChI is InChI=1S/C30H29F2N7O4S.H2S/c1-17-5-6-20(24(12-26(40)41)23-7-9-39-28(18(23)2)35-36-30(39)27(31)32)11-21(17)15-37-16-22-4-3-8-38(22)29-25(44(37,42)43)10-19(13-33)14-34-29;/h5-7,9-11,14,22,24,27H,3-4,8,12,15-16H2,1-2H3,(H,40,41);1H2/t22-,24-;/m0./s1. The summed E-state index contributed by atoms with van der Waals surface area (Å²) in [5, 5.41) is 26.8. The van der Waals surface area contributed by atoms with Gasteiger partial charge in [0, 0.05) is 44.0 Å². The van der Waals surface area contributed by atoms with E-state index in [0.717, 1.165) is 18.4 Å². The summed E-state index contributed by atoms with van der Waals surface area (Å²) >= 11 is 0. The molecule has 15 heteroatoms. The number of aliphatic carboxylic acids is 1. The summed E-state index contributed by atoms with van der Waals surface area (Å²) in [6, 6.07) is 10.3. The number of aromatic nitrogens is 4. The van der Waals surface area contributed by atoms with Crippen molar-refractivity contribution in [2.45, 2.75) is 62.9 Å². The second-order valence-corrected chi connectivity index (χ2v) is 13.1. The number of nitrogens with zero attached hydrogens (tertiary/aromatic N) is 7. The quantitative estimate of drug-likeness (QED) is 0.305. The summed E-state index contributed by atoms with van der Waals surface area (Å²) in [6.07, 6.45) is 1.38. The van der Waals surface area contributed by atoms with E-state index in [-0.39, 0.29) is 55.2 Å². The number of fused-ring (bicyclic) bond motifs is 4. The topological polar surface area (TPSA) is 145 Å². The Hall–Kier alpha value is -4.13. The van der Waals surface area contributed by atoms with Crippen molar-refractivity contribution in [1.29, 1.82) is 5.26 Å². The van der Waals surface area contributed by atoms with Gasteiger partial charge in [-0.15, -0.1) is 10.2 Å². The highest BCUT2D eigenvalue weighted by Gasteiger charge is 2.40. The van der Waals surface area contributed by atoms with Gasteiger partial charge in [0.25, 0.3) is 6.43 Å². The average Bonchev–Trinajstić information content (AvgIpc) is 3.63. The maximum absolute atomic E-state index is 14.0. The van der Waals surface area contributed by atoms with Crippen LogP contribution in [0.2, 0.25) is 0 Å². The minimum Gasteiger partial charge on any atom is -0.481 e. The molecule has 5 heterocycles. The van der Waals surface area contributed by atoms with E-state index in [1.165, 1.54) is 27.2 Å². The number of halogens is 2. The van der Waals surface area contributed by atoms with Gasteiger partial charge >= 0.3 is 5.97 Å². The van der Waals surface area contributed by atoms with Gasteiger partial charge in [0.15, 0.2) is 5.65 Å². The van der Waals surface area contributed by atoms with Crippen LogP contribution in [0, 0.1) is 25.2 Å². The predicted octanol–water partition coefficient (Wildman–Crippen LogP) is 4.44. The van der Waals surface area contributed by atoms with E-state index in [9.17, 15) is 32.4 Å². The normalized spacial score (nSPS) is 18.1. The molecule has 2 aliphatic rings. The first-order valence-electron chi connectivity index (χ1n) is 14.1. The highest BCUT2D eigenvalue weighted by atomic mass is 32.2. The molecular weight excluding hydrogens is 625 g/mol. The SMILES string of the molecule is Cc1ccc([C@H](CC(=O)O)c2ccn3c(C(F)F)nnc3c2C)cc1CN1C[C@@H]2CCCN2c2ncc(C#N)cc2S1(=O)=O.S. The zero-order chi connectivity index (χ0) is 31.3. The van der Waals surface area contributed by atoms with Gasteiger partial charge in [-0.3, -0.25) is 9.20 Å². The first kappa shape index (κ1) is 32.3. The van der Waals surface area contributed by atoms with Crippen LogP contribution in [0.25, 0.3) is 5.65 Å². The Labute approximate surface area is 265 Å². The van der Waals surface area contributed by atoms with Crippen molar-refractivity contribution >= 4 is 41.0 Å². The lowest BCUT2D eigenvalue weighted by Crippen LogP contribution is -2.39. The molecule has 1 saturated heterocycles. The Kier molecular flexibility index (Phi) is 8.85. The second kappa shape index (κ2) is 12.3. The third kappa shape index (κ3) is 5.73. The summed E-state index contributed by atoms with van der Waals surface area (Å²) < 4.78 is 57.6. The fraction of sp³-hybridized carbons (Fsp3) is 0.367. The van der Waals surface area contributed by atoms with Crippen molar-refractivity contribution in [1.82, 2.24) is 23.9 Å². The first-order chi connectivity index (χ1) is 21.0. The molecule has 0 radical (unpaired) electrons. The zero-order valence-corrected chi connectivity index (χ0v) is 26.3. The number of sulfonamides is 1. The summed E-state index contributed by atoms with van der Waals surface area (Å²) in [7, 11) is -4.04. The number of nitriles is 1. The van der Waals surface area contributed by atoms with Crippen molar-refractivity contribution in [3.05, 3.63) is 81.9 Å². The maximum Gasteiger partial charge on any atom is 0.304 e. The van der Waals surface area contributed by atoms with Crippen molar-refractivity contribution in [3.63, 3.8) is 0 Å². The first-order valence-corrected chi connectivity index (χ1v) is 15.5. The van der Waals surface area contributed by atoms with E-state index in [1.807, 2.05) is 30.0 Å². The van der Waals surface area contributed by atoms with Crippen LogP contribution in [0.1, 0.15) is 70.8 Å². The molecule has 0 aliphatic carbocycles. The molecule has 2 atom stereocenters. The van der Waals surface area contributed by atoms with Gasteiger partial charge in [0.2, 0.25) is 15.8 Å². The fourth-order valence-corrected chi connectivity index (χ4v) is 7.95. The van der Waals surface area contributed by atoms with Crippen LogP contribution in [-0.4, -0.2) is 62.5 Å². The van der Waals surface area contributed by atoms with E-state index in [1.54, 1.807) is 19.1 Å². The van der Waals surface area contributed by atoms with Gasteiger partial charge in [0.1, 0.15) is 16.8 Å². The molecule has 2 aliphatic heterocycles. The highest BCUT2D eigenvalue weighted by Crippen LogP contribution is 2.38. The van der Waals surface area contributed by atoms with E-state index in [4.69, 9.17) is 0 Å². The van der Waals surface area contributed by atoms with Gasteiger partial charge in [-0.25, -0.2) is 22.2 Å².